The van der Waals surface area contributed by atoms with Gasteiger partial charge < -0.3 is 5.11 Å². The molecule has 0 aliphatic heterocycles. The quantitative estimate of drug-likeness (QED) is 0.653. The molecule has 13 heavy (non-hydrogen) atoms. The van der Waals surface area contributed by atoms with Crippen LogP contribution < -0.4 is 0 Å². The summed E-state index contributed by atoms with van der Waals surface area (Å²) in [5.41, 5.74) is -1.48. The Bertz CT molecular complexity index is 256. The van der Waals surface area contributed by atoms with Crippen molar-refractivity contribution >= 4 is 17.0 Å². The molecule has 1 aliphatic rings. The largest absolute Gasteiger partial charge is 0.479 e. The minimum Gasteiger partial charge on any atom is -0.479 e. The highest BCUT2D eigenvalue weighted by Gasteiger charge is 2.42. The van der Waals surface area contributed by atoms with Crippen molar-refractivity contribution in [2.24, 2.45) is 0 Å². The van der Waals surface area contributed by atoms with Gasteiger partial charge in [-0.15, -0.1) is 0 Å². The summed E-state index contributed by atoms with van der Waals surface area (Å²) in [4.78, 5) is 10.8. The molecule has 0 heterocycles. The Labute approximate surface area is 77.9 Å². The Hall–Kier alpha value is -0.620. The third-order valence-corrected chi connectivity index (χ3v) is 2.80. The summed E-state index contributed by atoms with van der Waals surface area (Å²) < 4.78 is 25.2. The van der Waals surface area contributed by atoms with Crippen LogP contribution in [0.15, 0.2) is 0 Å². The summed E-state index contributed by atoms with van der Waals surface area (Å²) in [7, 11) is -3.09. The highest BCUT2D eigenvalue weighted by Crippen LogP contribution is 2.31. The predicted molar refractivity (Wildman–Crippen MR) is 44.9 cm³/mol. The Balaban J connectivity index is 2.78. The Morgan fingerprint density at radius 3 is 2.15 bits per heavy atom. The van der Waals surface area contributed by atoms with Crippen LogP contribution in [0.4, 0.5) is 0 Å². The molecule has 0 aromatic heterocycles. The van der Waals surface area contributed by atoms with E-state index in [4.69, 9.17) is 5.11 Å². The number of aliphatic carboxylic acids is 1. The zero-order valence-corrected chi connectivity index (χ0v) is 7.96. The Morgan fingerprint density at radius 1 is 1.23 bits per heavy atom. The monoisotopic (exact) mass is 208 g/mol. The lowest BCUT2D eigenvalue weighted by Crippen LogP contribution is -2.42. The van der Waals surface area contributed by atoms with E-state index in [1.807, 2.05) is 0 Å². The number of carbonyl (C=O) groups is 1. The molecule has 0 radical (unpaired) electrons. The third-order valence-electron chi connectivity index (χ3n) is 2.30. The highest BCUT2D eigenvalue weighted by molar-refractivity contribution is 7.67. The van der Waals surface area contributed by atoms with Crippen LogP contribution in [-0.2, 0) is 20.0 Å². The van der Waals surface area contributed by atoms with Gasteiger partial charge in [-0.3, -0.25) is 4.18 Å². The SMILES string of the molecule is O=C(O)C1(O[SH](=O)=O)CCCCC1. The van der Waals surface area contributed by atoms with Crippen LogP contribution >= 0.6 is 0 Å². The summed E-state index contributed by atoms with van der Waals surface area (Å²) in [6, 6.07) is 0. The third kappa shape index (κ3) is 2.41. The highest BCUT2D eigenvalue weighted by atomic mass is 32.2. The number of carboxylic acids is 1. The summed E-state index contributed by atoms with van der Waals surface area (Å²) in [5.74, 6) is -1.17. The number of hydrogen-bond donors (Lipinski definition) is 2. The molecule has 1 fully saturated rings. The van der Waals surface area contributed by atoms with Gasteiger partial charge in [0.05, 0.1) is 0 Å². The van der Waals surface area contributed by atoms with Crippen molar-refractivity contribution in [1.82, 2.24) is 0 Å². The first-order chi connectivity index (χ1) is 6.07. The van der Waals surface area contributed by atoms with Gasteiger partial charge in [0, 0.05) is 0 Å². The van der Waals surface area contributed by atoms with Gasteiger partial charge in [0.15, 0.2) is 5.60 Å². The van der Waals surface area contributed by atoms with E-state index in [2.05, 4.69) is 4.18 Å². The maximum atomic E-state index is 10.8. The van der Waals surface area contributed by atoms with E-state index < -0.39 is 22.6 Å². The van der Waals surface area contributed by atoms with E-state index in [9.17, 15) is 13.2 Å². The fourth-order valence-corrected chi connectivity index (χ4v) is 2.16. The second-order valence-corrected chi connectivity index (χ2v) is 3.80. The van der Waals surface area contributed by atoms with Gasteiger partial charge in [-0.2, -0.15) is 0 Å². The van der Waals surface area contributed by atoms with E-state index in [0.717, 1.165) is 6.42 Å². The molecule has 1 saturated carbocycles. The lowest BCUT2D eigenvalue weighted by atomic mass is 9.85. The molecule has 1 N–H and O–H groups in total. The van der Waals surface area contributed by atoms with Crippen LogP contribution in [-0.4, -0.2) is 25.1 Å². The first-order valence-corrected chi connectivity index (χ1v) is 5.23. The smallest absolute Gasteiger partial charge is 0.337 e. The molecule has 0 saturated heterocycles. The molecule has 5 nitrogen and oxygen atoms in total. The van der Waals surface area contributed by atoms with Crippen LogP contribution in [0, 0.1) is 0 Å². The second-order valence-electron chi connectivity index (χ2n) is 3.17. The van der Waals surface area contributed by atoms with Crippen molar-refractivity contribution in [2.45, 2.75) is 37.7 Å². The lowest BCUT2D eigenvalue weighted by molar-refractivity contribution is -0.157. The van der Waals surface area contributed by atoms with Gasteiger partial charge in [0.25, 0.3) is 11.0 Å². The molecule has 0 amide bonds. The van der Waals surface area contributed by atoms with Gasteiger partial charge in [0.1, 0.15) is 0 Å². The maximum absolute atomic E-state index is 10.8. The molecule has 76 valence electrons. The van der Waals surface area contributed by atoms with E-state index in [1.54, 1.807) is 0 Å². The topological polar surface area (TPSA) is 80.7 Å². The summed E-state index contributed by atoms with van der Waals surface area (Å²) in [6.45, 7) is 0. The summed E-state index contributed by atoms with van der Waals surface area (Å²) >= 11 is 0. The lowest BCUT2D eigenvalue weighted by Gasteiger charge is -2.29. The second kappa shape index (κ2) is 4.06. The van der Waals surface area contributed by atoms with Crippen LogP contribution in [0.3, 0.4) is 0 Å². The van der Waals surface area contributed by atoms with Crippen LogP contribution in [0.5, 0.6) is 0 Å². The van der Waals surface area contributed by atoms with Crippen LogP contribution in [0.1, 0.15) is 32.1 Å². The molecular weight excluding hydrogens is 196 g/mol. The number of hydrogen-bond acceptors (Lipinski definition) is 4. The van der Waals surface area contributed by atoms with E-state index in [0.29, 0.717) is 12.8 Å². The van der Waals surface area contributed by atoms with Crippen LogP contribution in [0.2, 0.25) is 0 Å². The summed E-state index contributed by atoms with van der Waals surface area (Å²) in [5, 5.41) is 8.85. The molecule has 1 aliphatic carbocycles. The Kier molecular flexibility index (Phi) is 3.27. The maximum Gasteiger partial charge on any atom is 0.337 e. The zero-order valence-electron chi connectivity index (χ0n) is 7.06. The van der Waals surface area contributed by atoms with E-state index in [1.165, 1.54) is 0 Å². The number of rotatable bonds is 3. The minimum atomic E-state index is -3.09. The van der Waals surface area contributed by atoms with Crippen LogP contribution in [0.25, 0.3) is 0 Å². The molecule has 0 aromatic carbocycles. The molecule has 0 unspecified atom stereocenters. The van der Waals surface area contributed by atoms with Crippen molar-refractivity contribution in [1.29, 1.82) is 0 Å². The molecule has 0 spiro atoms. The van der Waals surface area contributed by atoms with Gasteiger partial charge in [0.2, 0.25) is 0 Å². The van der Waals surface area contributed by atoms with Crippen molar-refractivity contribution in [3.8, 4) is 0 Å². The number of carboxylic acid groups (broad SMARTS) is 1. The van der Waals surface area contributed by atoms with Crippen molar-refractivity contribution < 1.29 is 22.5 Å². The minimum absolute atomic E-state index is 0.283. The van der Waals surface area contributed by atoms with Gasteiger partial charge >= 0.3 is 5.97 Å². The van der Waals surface area contributed by atoms with Crippen molar-refractivity contribution in [3.05, 3.63) is 0 Å². The van der Waals surface area contributed by atoms with Crippen molar-refractivity contribution in [3.63, 3.8) is 0 Å². The fourth-order valence-electron chi connectivity index (χ4n) is 1.61. The van der Waals surface area contributed by atoms with Crippen molar-refractivity contribution in [2.75, 3.05) is 0 Å². The average Bonchev–Trinajstić information content (AvgIpc) is 2.04. The average molecular weight is 208 g/mol. The molecular formula is C7H12O5S. The Morgan fingerprint density at radius 2 is 1.77 bits per heavy atom. The molecule has 0 aromatic rings. The fraction of sp³-hybridized carbons (Fsp3) is 0.857. The zero-order chi connectivity index (χ0) is 9.90. The molecule has 0 bridgehead atoms. The first kappa shape index (κ1) is 10.5. The van der Waals surface area contributed by atoms with E-state index >= 15 is 0 Å². The first-order valence-electron chi connectivity index (χ1n) is 4.14. The summed E-state index contributed by atoms with van der Waals surface area (Å²) in [6.07, 6.45) is 2.91. The van der Waals surface area contributed by atoms with E-state index in [-0.39, 0.29) is 12.8 Å². The van der Waals surface area contributed by atoms with Gasteiger partial charge in [-0.25, -0.2) is 13.2 Å². The molecule has 6 heteroatoms. The normalized spacial score (nSPS) is 21.6. The molecule has 0 atom stereocenters. The van der Waals surface area contributed by atoms with Gasteiger partial charge in [-0.1, -0.05) is 6.42 Å². The van der Waals surface area contributed by atoms with Gasteiger partial charge in [-0.05, 0) is 25.7 Å². The standard InChI is InChI=1S/C7H12O5S/c8-6(9)7(12-13(10)11)4-2-1-3-5-7/h13H,1-5H2,(H,8,9). The molecule has 1 rings (SSSR count). The predicted octanol–water partition coefficient (Wildman–Crippen LogP) is 0.317. The number of thiol groups is 1.